The highest BCUT2D eigenvalue weighted by Gasteiger charge is 2.02. The summed E-state index contributed by atoms with van der Waals surface area (Å²) in [6, 6.07) is 8.18. The normalized spacial score (nSPS) is 10.2. The van der Waals surface area contributed by atoms with Gasteiger partial charge in [-0.1, -0.05) is 38.6 Å². The fourth-order valence-electron chi connectivity index (χ4n) is 1.47. The largest absolute Gasteiger partial charge is 0.489 e. The lowest BCUT2D eigenvalue weighted by atomic mass is 10.2. The summed E-state index contributed by atoms with van der Waals surface area (Å²) in [5.74, 6) is 0.964. The summed E-state index contributed by atoms with van der Waals surface area (Å²) in [6.45, 7) is 10.7. The third-order valence-electron chi connectivity index (χ3n) is 2.65. The molecule has 0 unspecified atom stereocenters. The molecule has 0 saturated heterocycles. The molecule has 0 saturated carbocycles. The summed E-state index contributed by atoms with van der Waals surface area (Å²) in [5.41, 5.74) is 2.34. The second-order valence-electron chi connectivity index (χ2n) is 4.18. The van der Waals surface area contributed by atoms with Gasteiger partial charge in [0.2, 0.25) is 0 Å². The van der Waals surface area contributed by atoms with E-state index in [1.807, 2.05) is 18.2 Å². The maximum atomic E-state index is 5.78. The Morgan fingerprint density at radius 1 is 1.29 bits per heavy atom. The summed E-state index contributed by atoms with van der Waals surface area (Å²) >= 11 is 0. The first-order valence-electron chi connectivity index (χ1n) is 6.36. The zero-order valence-corrected chi connectivity index (χ0v) is 11.0. The Bertz CT molecular complexity index is 347. The van der Waals surface area contributed by atoms with Crippen LogP contribution in [-0.2, 0) is 6.54 Å². The third-order valence-corrected chi connectivity index (χ3v) is 2.65. The number of hydrogen-bond acceptors (Lipinski definition) is 2. The average Bonchev–Trinajstić information content (AvgIpc) is 2.37. The summed E-state index contributed by atoms with van der Waals surface area (Å²) in [7, 11) is 0. The van der Waals surface area contributed by atoms with Crippen molar-refractivity contribution in [2.24, 2.45) is 0 Å². The van der Waals surface area contributed by atoms with Crippen molar-refractivity contribution < 1.29 is 4.74 Å². The van der Waals surface area contributed by atoms with Crippen LogP contribution in [0.2, 0.25) is 0 Å². The lowest BCUT2D eigenvalue weighted by molar-refractivity contribution is 0.344. The minimum atomic E-state index is 0.612. The molecule has 0 fully saturated rings. The lowest BCUT2D eigenvalue weighted by Gasteiger charge is -2.12. The third kappa shape index (κ3) is 5.05. The Labute approximate surface area is 105 Å². The van der Waals surface area contributed by atoms with E-state index in [9.17, 15) is 0 Å². The predicted octanol–water partition coefficient (Wildman–Crippen LogP) is 3.53. The van der Waals surface area contributed by atoms with E-state index in [0.29, 0.717) is 6.61 Å². The summed E-state index contributed by atoms with van der Waals surface area (Å²) in [5, 5.41) is 3.39. The van der Waals surface area contributed by atoms with Crippen LogP contribution in [0.15, 0.2) is 36.4 Å². The van der Waals surface area contributed by atoms with Crippen molar-refractivity contribution in [1.82, 2.24) is 5.32 Å². The minimum absolute atomic E-state index is 0.612. The maximum Gasteiger partial charge on any atom is 0.124 e. The lowest BCUT2D eigenvalue weighted by Crippen LogP contribution is -2.14. The zero-order chi connectivity index (χ0) is 12.5. The molecule has 1 aromatic carbocycles. The van der Waals surface area contributed by atoms with E-state index in [0.717, 1.165) is 37.3 Å². The van der Waals surface area contributed by atoms with Gasteiger partial charge in [-0.2, -0.15) is 0 Å². The van der Waals surface area contributed by atoms with Gasteiger partial charge in [-0.15, -0.1) is 0 Å². The molecule has 17 heavy (non-hydrogen) atoms. The number of ether oxygens (including phenoxy) is 1. The van der Waals surface area contributed by atoms with Crippen LogP contribution in [-0.4, -0.2) is 13.2 Å². The number of para-hydroxylation sites is 1. The van der Waals surface area contributed by atoms with Crippen molar-refractivity contribution in [3.05, 3.63) is 42.0 Å². The van der Waals surface area contributed by atoms with Crippen molar-refractivity contribution in [3.63, 3.8) is 0 Å². The SMILES string of the molecule is C=C(CC)COc1ccccc1CNCCC. The van der Waals surface area contributed by atoms with Crippen molar-refractivity contribution in [1.29, 1.82) is 0 Å². The highest BCUT2D eigenvalue weighted by Crippen LogP contribution is 2.18. The van der Waals surface area contributed by atoms with Crippen LogP contribution in [0.3, 0.4) is 0 Å². The molecule has 0 aliphatic carbocycles. The first-order valence-corrected chi connectivity index (χ1v) is 6.36. The molecule has 0 bridgehead atoms. The van der Waals surface area contributed by atoms with Crippen molar-refractivity contribution in [2.45, 2.75) is 33.2 Å². The summed E-state index contributed by atoms with van der Waals surface area (Å²) in [6.07, 6.45) is 2.12. The highest BCUT2D eigenvalue weighted by atomic mass is 16.5. The van der Waals surface area contributed by atoms with Crippen molar-refractivity contribution >= 4 is 0 Å². The van der Waals surface area contributed by atoms with Crippen LogP contribution in [0.1, 0.15) is 32.3 Å². The Kier molecular flexibility index (Phi) is 6.41. The van der Waals surface area contributed by atoms with E-state index in [4.69, 9.17) is 4.74 Å². The quantitative estimate of drug-likeness (QED) is 0.548. The van der Waals surface area contributed by atoms with E-state index < -0.39 is 0 Å². The Morgan fingerprint density at radius 3 is 2.76 bits per heavy atom. The number of nitrogens with one attached hydrogen (secondary N) is 1. The van der Waals surface area contributed by atoms with Gasteiger partial charge in [-0.25, -0.2) is 0 Å². The molecule has 1 aromatic rings. The molecule has 2 heteroatoms. The second-order valence-corrected chi connectivity index (χ2v) is 4.18. The van der Waals surface area contributed by atoms with Gasteiger partial charge in [0.15, 0.2) is 0 Å². The molecule has 0 radical (unpaired) electrons. The first-order chi connectivity index (χ1) is 8.27. The molecule has 0 amide bonds. The maximum absolute atomic E-state index is 5.78. The van der Waals surface area contributed by atoms with Crippen molar-refractivity contribution in [2.75, 3.05) is 13.2 Å². The van der Waals surface area contributed by atoms with Crippen LogP contribution in [0.4, 0.5) is 0 Å². The molecule has 0 heterocycles. The number of hydrogen-bond donors (Lipinski definition) is 1. The molecule has 1 rings (SSSR count). The fourth-order valence-corrected chi connectivity index (χ4v) is 1.47. The Balaban J connectivity index is 2.54. The van der Waals surface area contributed by atoms with Gasteiger partial charge >= 0.3 is 0 Å². The van der Waals surface area contributed by atoms with Crippen LogP contribution in [0.25, 0.3) is 0 Å². The highest BCUT2D eigenvalue weighted by molar-refractivity contribution is 5.33. The first kappa shape index (κ1) is 13.8. The number of rotatable bonds is 8. The molecular formula is C15H23NO. The van der Waals surface area contributed by atoms with Crippen LogP contribution in [0, 0.1) is 0 Å². The van der Waals surface area contributed by atoms with Gasteiger partial charge in [0, 0.05) is 12.1 Å². The van der Waals surface area contributed by atoms with Crippen molar-refractivity contribution in [3.8, 4) is 5.75 Å². The molecule has 1 N–H and O–H groups in total. The molecule has 0 aliphatic heterocycles. The topological polar surface area (TPSA) is 21.3 Å². The molecule has 2 nitrogen and oxygen atoms in total. The van der Waals surface area contributed by atoms with Gasteiger partial charge in [0.05, 0.1) is 0 Å². The van der Waals surface area contributed by atoms with E-state index >= 15 is 0 Å². The van der Waals surface area contributed by atoms with E-state index in [2.05, 4.69) is 31.8 Å². The van der Waals surface area contributed by atoms with E-state index in [1.165, 1.54) is 5.56 Å². The molecule has 94 valence electrons. The van der Waals surface area contributed by atoms with Gasteiger partial charge in [-0.05, 0) is 31.0 Å². The monoisotopic (exact) mass is 233 g/mol. The smallest absolute Gasteiger partial charge is 0.124 e. The van der Waals surface area contributed by atoms with E-state index in [-0.39, 0.29) is 0 Å². The summed E-state index contributed by atoms with van der Waals surface area (Å²) in [4.78, 5) is 0. The second kappa shape index (κ2) is 7.91. The minimum Gasteiger partial charge on any atom is -0.489 e. The number of benzene rings is 1. The van der Waals surface area contributed by atoms with Crippen LogP contribution >= 0.6 is 0 Å². The van der Waals surface area contributed by atoms with Crippen LogP contribution < -0.4 is 10.1 Å². The zero-order valence-electron chi connectivity index (χ0n) is 11.0. The van der Waals surface area contributed by atoms with Gasteiger partial charge in [-0.3, -0.25) is 0 Å². The average molecular weight is 233 g/mol. The molecule has 0 aromatic heterocycles. The molecule has 0 atom stereocenters. The molecule has 0 spiro atoms. The Morgan fingerprint density at radius 2 is 2.06 bits per heavy atom. The van der Waals surface area contributed by atoms with Crippen LogP contribution in [0.5, 0.6) is 5.75 Å². The van der Waals surface area contributed by atoms with Gasteiger partial charge in [0.25, 0.3) is 0 Å². The predicted molar refractivity (Wildman–Crippen MR) is 73.4 cm³/mol. The Hall–Kier alpha value is -1.28. The van der Waals surface area contributed by atoms with Gasteiger partial charge < -0.3 is 10.1 Å². The summed E-state index contributed by atoms with van der Waals surface area (Å²) < 4.78 is 5.78. The molecular weight excluding hydrogens is 210 g/mol. The van der Waals surface area contributed by atoms with Gasteiger partial charge in [0.1, 0.15) is 12.4 Å². The standard InChI is InChI=1S/C15H23NO/c1-4-10-16-11-14-8-6-7-9-15(14)17-12-13(3)5-2/h6-9,16H,3-5,10-12H2,1-2H3. The van der Waals surface area contributed by atoms with E-state index in [1.54, 1.807) is 0 Å². The molecule has 0 aliphatic rings. The fraction of sp³-hybridized carbons (Fsp3) is 0.467.